The van der Waals surface area contributed by atoms with Crippen molar-refractivity contribution in [2.24, 2.45) is 0 Å². The first-order valence-corrected chi connectivity index (χ1v) is 10.1. The van der Waals surface area contributed by atoms with Gasteiger partial charge in [-0.15, -0.1) is 13.2 Å². The van der Waals surface area contributed by atoms with Crippen molar-refractivity contribution in [2.45, 2.75) is 11.3 Å². The second kappa shape index (κ2) is 8.22. The SMILES string of the molecule is N#Cc1cccc(C#N)c1N1CCN(S(=O)(=O)c2ccc(OC(F)(F)F)cc2)CC1. The van der Waals surface area contributed by atoms with Gasteiger partial charge in [-0.3, -0.25) is 0 Å². The third-order valence-corrected chi connectivity index (χ3v) is 6.44. The fourth-order valence-electron chi connectivity index (χ4n) is 3.18. The van der Waals surface area contributed by atoms with Crippen molar-refractivity contribution in [1.82, 2.24) is 4.31 Å². The Kier molecular flexibility index (Phi) is 5.87. The van der Waals surface area contributed by atoms with E-state index in [0.29, 0.717) is 16.8 Å². The van der Waals surface area contributed by atoms with E-state index in [9.17, 15) is 32.1 Å². The standard InChI is InChI=1S/C19H15F3N4O3S/c20-19(21,22)29-16-4-6-17(7-5-16)30(27,28)26-10-8-25(9-11-26)18-14(12-23)2-1-3-15(18)13-24/h1-7H,8-11H2. The Balaban J connectivity index is 1.75. The van der Waals surface area contributed by atoms with Gasteiger partial charge in [-0.1, -0.05) is 6.07 Å². The fraction of sp³-hybridized carbons (Fsp3) is 0.263. The Morgan fingerprint density at radius 1 is 0.900 bits per heavy atom. The van der Waals surface area contributed by atoms with Crippen LogP contribution in [-0.2, 0) is 10.0 Å². The number of hydrogen-bond acceptors (Lipinski definition) is 6. The molecule has 0 saturated carbocycles. The molecule has 0 atom stereocenters. The molecule has 0 unspecified atom stereocenters. The van der Waals surface area contributed by atoms with Gasteiger partial charge in [0.1, 0.15) is 17.9 Å². The third kappa shape index (κ3) is 4.48. The van der Waals surface area contributed by atoms with Gasteiger partial charge in [0, 0.05) is 26.2 Å². The molecular weight excluding hydrogens is 421 g/mol. The number of nitriles is 2. The van der Waals surface area contributed by atoms with E-state index in [1.807, 2.05) is 12.1 Å². The summed E-state index contributed by atoms with van der Waals surface area (Å²) in [5, 5.41) is 18.6. The first-order chi connectivity index (χ1) is 14.2. The van der Waals surface area contributed by atoms with Crippen molar-refractivity contribution >= 4 is 15.7 Å². The molecular formula is C19H15F3N4O3S. The highest BCUT2D eigenvalue weighted by Crippen LogP contribution is 2.28. The number of alkyl halides is 3. The molecule has 0 radical (unpaired) electrons. The van der Waals surface area contributed by atoms with E-state index >= 15 is 0 Å². The maximum Gasteiger partial charge on any atom is 0.573 e. The molecule has 2 aromatic carbocycles. The highest BCUT2D eigenvalue weighted by atomic mass is 32.2. The smallest absolute Gasteiger partial charge is 0.406 e. The molecule has 1 heterocycles. The number of benzene rings is 2. The summed E-state index contributed by atoms with van der Waals surface area (Å²) in [6.07, 6.45) is -4.86. The van der Waals surface area contributed by atoms with E-state index in [1.165, 1.54) is 4.31 Å². The molecule has 1 fully saturated rings. The van der Waals surface area contributed by atoms with E-state index in [-0.39, 0.29) is 31.1 Å². The summed E-state index contributed by atoms with van der Waals surface area (Å²) in [6.45, 7) is 0.686. The zero-order valence-electron chi connectivity index (χ0n) is 15.4. The molecule has 1 aliphatic heterocycles. The van der Waals surface area contributed by atoms with Crippen LogP contribution in [0, 0.1) is 22.7 Å². The Hall–Kier alpha value is -3.28. The van der Waals surface area contributed by atoms with Crippen LogP contribution in [0.15, 0.2) is 47.4 Å². The lowest BCUT2D eigenvalue weighted by Crippen LogP contribution is -2.49. The van der Waals surface area contributed by atoms with E-state index in [4.69, 9.17) is 0 Å². The Labute approximate surface area is 171 Å². The molecule has 11 heteroatoms. The van der Waals surface area contributed by atoms with Crippen LogP contribution in [-0.4, -0.2) is 45.3 Å². The minimum absolute atomic E-state index is 0.0910. The lowest BCUT2D eigenvalue weighted by Gasteiger charge is -2.36. The molecule has 1 saturated heterocycles. The molecule has 0 N–H and O–H groups in total. The van der Waals surface area contributed by atoms with Gasteiger partial charge in [-0.2, -0.15) is 14.8 Å². The maximum absolute atomic E-state index is 12.8. The second-order valence-corrected chi connectivity index (χ2v) is 8.27. The van der Waals surface area contributed by atoms with Crippen molar-refractivity contribution in [3.63, 3.8) is 0 Å². The minimum atomic E-state index is -4.86. The normalized spacial score (nSPS) is 15.3. The molecule has 156 valence electrons. The summed E-state index contributed by atoms with van der Waals surface area (Å²) in [4.78, 5) is 1.63. The molecule has 0 aliphatic carbocycles. The summed E-state index contributed by atoms with van der Waals surface area (Å²) in [5.41, 5.74) is 1.12. The van der Waals surface area contributed by atoms with Gasteiger partial charge in [-0.05, 0) is 36.4 Å². The number of rotatable bonds is 4. The van der Waals surface area contributed by atoms with Crippen molar-refractivity contribution in [3.05, 3.63) is 53.6 Å². The Morgan fingerprint density at radius 3 is 1.90 bits per heavy atom. The Morgan fingerprint density at radius 2 is 1.43 bits per heavy atom. The van der Waals surface area contributed by atoms with Gasteiger partial charge in [0.2, 0.25) is 10.0 Å². The van der Waals surface area contributed by atoms with Gasteiger partial charge < -0.3 is 9.64 Å². The fourth-order valence-corrected chi connectivity index (χ4v) is 4.60. The monoisotopic (exact) mass is 436 g/mol. The lowest BCUT2D eigenvalue weighted by molar-refractivity contribution is -0.274. The number of hydrogen-bond donors (Lipinski definition) is 0. The summed E-state index contributed by atoms with van der Waals surface area (Å²) in [6, 6.07) is 12.9. The number of anilines is 1. The van der Waals surface area contributed by atoms with Crippen LogP contribution in [0.5, 0.6) is 5.75 Å². The molecule has 0 aromatic heterocycles. The van der Waals surface area contributed by atoms with Crippen LogP contribution >= 0.6 is 0 Å². The van der Waals surface area contributed by atoms with Crippen LogP contribution in [0.1, 0.15) is 11.1 Å². The van der Waals surface area contributed by atoms with E-state index in [2.05, 4.69) is 4.74 Å². The van der Waals surface area contributed by atoms with Crippen LogP contribution in [0.4, 0.5) is 18.9 Å². The lowest BCUT2D eigenvalue weighted by atomic mass is 10.1. The molecule has 0 spiro atoms. The topological polar surface area (TPSA) is 97.4 Å². The van der Waals surface area contributed by atoms with Gasteiger partial charge in [0.25, 0.3) is 0 Å². The minimum Gasteiger partial charge on any atom is -0.406 e. The number of ether oxygens (including phenoxy) is 1. The average Bonchev–Trinajstić information content (AvgIpc) is 2.72. The molecule has 1 aliphatic rings. The predicted molar refractivity (Wildman–Crippen MR) is 100.0 cm³/mol. The molecule has 0 amide bonds. The highest BCUT2D eigenvalue weighted by molar-refractivity contribution is 7.89. The zero-order chi connectivity index (χ0) is 21.9. The first kappa shape index (κ1) is 21.4. The highest BCUT2D eigenvalue weighted by Gasteiger charge is 2.32. The van der Waals surface area contributed by atoms with Gasteiger partial charge in [0.05, 0.1) is 21.7 Å². The summed E-state index contributed by atoms with van der Waals surface area (Å²) < 4.78 is 67.4. The quantitative estimate of drug-likeness (QED) is 0.731. The first-order valence-electron chi connectivity index (χ1n) is 8.70. The number of para-hydroxylation sites is 1. The van der Waals surface area contributed by atoms with Crippen molar-refractivity contribution in [1.29, 1.82) is 10.5 Å². The maximum atomic E-state index is 12.8. The number of piperazine rings is 1. The molecule has 2 aromatic rings. The van der Waals surface area contributed by atoms with Crippen molar-refractivity contribution < 1.29 is 26.3 Å². The number of nitrogens with zero attached hydrogens (tertiary/aromatic N) is 4. The van der Waals surface area contributed by atoms with Crippen LogP contribution < -0.4 is 9.64 Å². The third-order valence-electron chi connectivity index (χ3n) is 4.53. The molecule has 7 nitrogen and oxygen atoms in total. The average molecular weight is 436 g/mol. The van der Waals surface area contributed by atoms with Gasteiger partial charge in [0.15, 0.2) is 0 Å². The number of halogens is 3. The summed E-state index contributed by atoms with van der Waals surface area (Å²) >= 11 is 0. The van der Waals surface area contributed by atoms with Gasteiger partial charge >= 0.3 is 6.36 Å². The summed E-state index contributed by atoms with van der Waals surface area (Å²) in [7, 11) is -3.92. The van der Waals surface area contributed by atoms with Crippen molar-refractivity contribution in [2.75, 3.05) is 31.1 Å². The van der Waals surface area contributed by atoms with Crippen LogP contribution in [0.3, 0.4) is 0 Å². The van der Waals surface area contributed by atoms with Crippen LogP contribution in [0.2, 0.25) is 0 Å². The van der Waals surface area contributed by atoms with E-state index in [1.54, 1.807) is 23.1 Å². The number of sulfonamides is 1. The summed E-state index contributed by atoms with van der Waals surface area (Å²) in [5.74, 6) is -0.511. The molecule has 30 heavy (non-hydrogen) atoms. The largest absolute Gasteiger partial charge is 0.573 e. The van der Waals surface area contributed by atoms with Gasteiger partial charge in [-0.25, -0.2) is 8.42 Å². The van der Waals surface area contributed by atoms with E-state index < -0.39 is 22.1 Å². The predicted octanol–water partition coefficient (Wildman–Crippen LogP) is 2.84. The van der Waals surface area contributed by atoms with E-state index in [0.717, 1.165) is 24.3 Å². The molecule has 0 bridgehead atoms. The van der Waals surface area contributed by atoms with Crippen LogP contribution in [0.25, 0.3) is 0 Å². The Bertz CT molecular complexity index is 1080. The molecule has 3 rings (SSSR count). The second-order valence-electron chi connectivity index (χ2n) is 6.34. The zero-order valence-corrected chi connectivity index (χ0v) is 16.2. The van der Waals surface area contributed by atoms with Crippen molar-refractivity contribution in [3.8, 4) is 17.9 Å².